The molecule has 0 aliphatic rings. The van der Waals surface area contributed by atoms with Crippen LogP contribution in [0.5, 0.6) is 0 Å². The molecule has 0 aliphatic carbocycles. The minimum absolute atomic E-state index is 1.05. The Morgan fingerprint density at radius 3 is 1.10 bits per heavy atom. The van der Waals surface area contributed by atoms with Crippen molar-refractivity contribution in [3.8, 4) is 0 Å². The van der Waals surface area contributed by atoms with E-state index in [1.54, 1.807) is 0 Å². The second-order valence-electron chi connectivity index (χ2n) is 12.2. The number of nitrogens with zero attached hydrogens (tertiary/aromatic N) is 1. The lowest BCUT2D eigenvalue weighted by molar-refractivity contribution is 0.544. The molecule has 0 spiro atoms. The van der Waals surface area contributed by atoms with Crippen molar-refractivity contribution >= 4 is 11.9 Å². The van der Waals surface area contributed by atoms with Crippen LogP contribution in [-0.4, -0.2) is 6.21 Å². The molecule has 40 heavy (non-hydrogen) atoms. The Morgan fingerprint density at radius 1 is 0.400 bits per heavy atom. The van der Waals surface area contributed by atoms with Gasteiger partial charge in [-0.05, 0) is 54.5 Å². The zero-order chi connectivity index (χ0) is 28.4. The molecular formula is C39H63N. The molecule has 0 N–H and O–H groups in total. The van der Waals surface area contributed by atoms with E-state index in [1.807, 2.05) is 6.21 Å². The van der Waals surface area contributed by atoms with Crippen LogP contribution in [0.3, 0.4) is 0 Å². The summed E-state index contributed by atoms with van der Waals surface area (Å²) in [7, 11) is 0. The monoisotopic (exact) mass is 545 g/mol. The maximum Gasteiger partial charge on any atom is 0.0630 e. The summed E-state index contributed by atoms with van der Waals surface area (Å²) in [6.45, 7) is 4.59. The van der Waals surface area contributed by atoms with Gasteiger partial charge in [-0.3, -0.25) is 4.99 Å². The molecule has 2 aromatic rings. The highest BCUT2D eigenvalue weighted by molar-refractivity contribution is 5.81. The molecule has 1 nitrogen and oxygen atoms in total. The van der Waals surface area contributed by atoms with Gasteiger partial charge in [0.05, 0.1) is 5.69 Å². The van der Waals surface area contributed by atoms with Crippen molar-refractivity contribution in [3.63, 3.8) is 0 Å². The highest BCUT2D eigenvalue weighted by atomic mass is 14.7. The highest BCUT2D eigenvalue weighted by Gasteiger charge is 1.98. The van der Waals surface area contributed by atoms with Gasteiger partial charge in [0, 0.05) is 6.21 Å². The third kappa shape index (κ3) is 18.5. The molecule has 0 saturated carbocycles. The number of aryl methyl sites for hydroxylation is 2. The predicted octanol–water partition coefficient (Wildman–Crippen LogP) is 13.1. The van der Waals surface area contributed by atoms with E-state index in [1.165, 1.54) is 171 Å². The van der Waals surface area contributed by atoms with Crippen LogP contribution in [0.4, 0.5) is 5.69 Å². The lowest BCUT2D eigenvalue weighted by Gasteiger charge is -2.04. The number of aliphatic imine (C=N–C) groups is 1. The SMILES string of the molecule is CCCCCCCCCCCCCCc1ccc(N=Cc2ccc(CCCCCCCCCCCC)cc2)cc1. The lowest BCUT2D eigenvalue weighted by atomic mass is 10.0. The molecule has 0 amide bonds. The summed E-state index contributed by atoms with van der Waals surface area (Å²) in [4.78, 5) is 4.72. The first kappa shape index (κ1) is 34.3. The van der Waals surface area contributed by atoms with Crippen molar-refractivity contribution in [3.05, 3.63) is 65.2 Å². The van der Waals surface area contributed by atoms with E-state index in [4.69, 9.17) is 4.99 Å². The van der Waals surface area contributed by atoms with Crippen LogP contribution >= 0.6 is 0 Å². The summed E-state index contributed by atoms with van der Waals surface area (Å²) in [5.41, 5.74) is 5.14. The fourth-order valence-corrected chi connectivity index (χ4v) is 5.65. The van der Waals surface area contributed by atoms with Crippen LogP contribution < -0.4 is 0 Å². The van der Waals surface area contributed by atoms with Gasteiger partial charge in [0.1, 0.15) is 0 Å². The van der Waals surface area contributed by atoms with Gasteiger partial charge in [0.2, 0.25) is 0 Å². The predicted molar refractivity (Wildman–Crippen MR) is 180 cm³/mol. The smallest absolute Gasteiger partial charge is 0.0630 e. The van der Waals surface area contributed by atoms with Crippen LogP contribution in [0.2, 0.25) is 0 Å². The maximum atomic E-state index is 4.72. The Kier molecular flexibility index (Phi) is 21.3. The molecule has 2 aromatic carbocycles. The van der Waals surface area contributed by atoms with Gasteiger partial charge in [-0.1, -0.05) is 179 Å². The Balaban J connectivity index is 1.50. The first-order valence-corrected chi connectivity index (χ1v) is 17.5. The summed E-state index contributed by atoms with van der Waals surface area (Å²) in [5, 5.41) is 0. The minimum atomic E-state index is 1.05. The number of hydrogen-bond donors (Lipinski definition) is 0. The van der Waals surface area contributed by atoms with Gasteiger partial charge in [-0.2, -0.15) is 0 Å². The molecule has 1 heteroatoms. The van der Waals surface area contributed by atoms with Crippen molar-refractivity contribution in [2.24, 2.45) is 4.99 Å². The third-order valence-corrected chi connectivity index (χ3v) is 8.42. The quantitative estimate of drug-likeness (QED) is 0.0823. The normalized spacial score (nSPS) is 11.6. The second kappa shape index (κ2) is 24.9. The molecule has 0 fully saturated rings. The van der Waals surface area contributed by atoms with E-state index in [2.05, 4.69) is 62.4 Å². The van der Waals surface area contributed by atoms with Crippen LogP contribution in [0.15, 0.2) is 53.5 Å². The molecule has 0 saturated heterocycles. The van der Waals surface area contributed by atoms with E-state index >= 15 is 0 Å². The topological polar surface area (TPSA) is 12.4 Å². The van der Waals surface area contributed by atoms with Gasteiger partial charge < -0.3 is 0 Å². The fourth-order valence-electron chi connectivity index (χ4n) is 5.65. The van der Waals surface area contributed by atoms with Crippen molar-refractivity contribution in [1.29, 1.82) is 0 Å². The average molecular weight is 546 g/mol. The molecule has 224 valence electrons. The van der Waals surface area contributed by atoms with Crippen LogP contribution in [-0.2, 0) is 12.8 Å². The molecule has 0 radical (unpaired) electrons. The number of benzene rings is 2. The summed E-state index contributed by atoms with van der Waals surface area (Å²) in [6.07, 6.45) is 35.3. The molecular weight excluding hydrogens is 482 g/mol. The van der Waals surface area contributed by atoms with Crippen LogP contribution in [0, 0.1) is 0 Å². The van der Waals surface area contributed by atoms with Crippen LogP contribution in [0.1, 0.15) is 172 Å². The standard InChI is InChI=1S/C39H63N/c1-3-5-7-9-11-13-15-16-18-20-22-24-26-37-31-33-39(34-32-37)40-35-38-29-27-36(28-30-38)25-23-21-19-17-14-12-10-8-6-4-2/h27-35H,3-26H2,1-2H3. The number of hydrogen-bond acceptors (Lipinski definition) is 1. The number of rotatable bonds is 26. The van der Waals surface area contributed by atoms with Gasteiger partial charge in [0.25, 0.3) is 0 Å². The zero-order valence-electron chi connectivity index (χ0n) is 26.6. The Hall–Kier alpha value is -1.89. The van der Waals surface area contributed by atoms with Crippen molar-refractivity contribution in [1.82, 2.24) is 0 Å². The number of unbranched alkanes of at least 4 members (excludes halogenated alkanes) is 20. The maximum absolute atomic E-state index is 4.72. The van der Waals surface area contributed by atoms with Gasteiger partial charge in [-0.15, -0.1) is 0 Å². The zero-order valence-corrected chi connectivity index (χ0v) is 26.6. The van der Waals surface area contributed by atoms with Crippen molar-refractivity contribution < 1.29 is 0 Å². The average Bonchev–Trinajstić information content (AvgIpc) is 2.99. The molecule has 2 rings (SSSR count). The summed E-state index contributed by atoms with van der Waals surface area (Å²) in [6, 6.07) is 17.9. The largest absolute Gasteiger partial charge is 0.256 e. The Bertz CT molecular complexity index is 832. The summed E-state index contributed by atoms with van der Waals surface area (Å²) < 4.78 is 0. The first-order chi connectivity index (χ1) is 19.8. The van der Waals surface area contributed by atoms with Crippen molar-refractivity contribution in [2.45, 2.75) is 168 Å². The minimum Gasteiger partial charge on any atom is -0.256 e. The van der Waals surface area contributed by atoms with Gasteiger partial charge in [-0.25, -0.2) is 0 Å². The summed E-state index contributed by atoms with van der Waals surface area (Å²) in [5.74, 6) is 0. The van der Waals surface area contributed by atoms with Crippen LogP contribution in [0.25, 0.3) is 0 Å². The molecule has 0 heterocycles. The van der Waals surface area contributed by atoms with Crippen molar-refractivity contribution in [2.75, 3.05) is 0 Å². The molecule has 0 aliphatic heterocycles. The van der Waals surface area contributed by atoms with E-state index < -0.39 is 0 Å². The Labute approximate surface area is 249 Å². The van der Waals surface area contributed by atoms with Gasteiger partial charge in [0.15, 0.2) is 0 Å². The first-order valence-electron chi connectivity index (χ1n) is 17.5. The fraction of sp³-hybridized carbons (Fsp3) is 0.667. The second-order valence-corrected chi connectivity index (χ2v) is 12.2. The molecule has 0 bridgehead atoms. The van der Waals surface area contributed by atoms with E-state index in [9.17, 15) is 0 Å². The molecule has 0 aromatic heterocycles. The van der Waals surface area contributed by atoms with Gasteiger partial charge >= 0.3 is 0 Å². The van der Waals surface area contributed by atoms with E-state index in [0.717, 1.165) is 5.69 Å². The Morgan fingerprint density at radius 2 is 0.725 bits per heavy atom. The lowest BCUT2D eigenvalue weighted by Crippen LogP contribution is -1.88. The van der Waals surface area contributed by atoms with E-state index in [0.29, 0.717) is 0 Å². The molecule has 0 unspecified atom stereocenters. The molecule has 0 atom stereocenters. The highest BCUT2D eigenvalue weighted by Crippen LogP contribution is 2.17. The third-order valence-electron chi connectivity index (χ3n) is 8.42. The summed E-state index contributed by atoms with van der Waals surface area (Å²) >= 11 is 0. The van der Waals surface area contributed by atoms with E-state index in [-0.39, 0.29) is 0 Å².